The summed E-state index contributed by atoms with van der Waals surface area (Å²) in [6, 6.07) is 12.9. The number of hydrogen-bond donors (Lipinski definition) is 1. The number of rotatable bonds is 3. The highest BCUT2D eigenvalue weighted by atomic mass is 19.4. The second kappa shape index (κ2) is 7.41. The van der Waals surface area contributed by atoms with Gasteiger partial charge in [-0.3, -0.25) is 4.79 Å². The van der Waals surface area contributed by atoms with Crippen molar-refractivity contribution in [3.63, 3.8) is 0 Å². The fourth-order valence-electron chi connectivity index (χ4n) is 4.29. The highest BCUT2D eigenvalue weighted by molar-refractivity contribution is 6.04. The van der Waals surface area contributed by atoms with Gasteiger partial charge in [-0.25, -0.2) is 4.68 Å². The van der Waals surface area contributed by atoms with Crippen molar-refractivity contribution >= 4 is 11.6 Å². The van der Waals surface area contributed by atoms with Gasteiger partial charge in [0.05, 0.1) is 17.6 Å². The molecule has 1 N–H and O–H groups in total. The van der Waals surface area contributed by atoms with Crippen LogP contribution in [0.3, 0.4) is 0 Å². The van der Waals surface area contributed by atoms with Crippen molar-refractivity contribution in [1.82, 2.24) is 9.78 Å². The van der Waals surface area contributed by atoms with Gasteiger partial charge in [-0.2, -0.15) is 18.3 Å². The predicted molar refractivity (Wildman–Crippen MR) is 114 cm³/mol. The largest absolute Gasteiger partial charge is 0.469 e. The van der Waals surface area contributed by atoms with Crippen molar-refractivity contribution in [2.45, 2.75) is 19.0 Å². The Bertz CT molecular complexity index is 1420. The van der Waals surface area contributed by atoms with Crippen LogP contribution in [0, 0.1) is 0 Å². The summed E-state index contributed by atoms with van der Waals surface area (Å²) in [5.74, 6) is 1.39. The fraction of sp³-hybridized carbons (Fsp3) is 0.167. The average Bonchev–Trinajstić information content (AvgIpc) is 3.55. The molecule has 172 valence electrons. The number of amides is 1. The lowest BCUT2D eigenvalue weighted by Crippen LogP contribution is -2.12. The number of aryl methyl sites for hydroxylation is 1. The first-order valence-electron chi connectivity index (χ1n) is 10.5. The first kappa shape index (κ1) is 20.4. The van der Waals surface area contributed by atoms with Crippen LogP contribution in [0.15, 0.2) is 59.2 Å². The highest BCUT2D eigenvalue weighted by Crippen LogP contribution is 2.42. The van der Waals surface area contributed by atoms with E-state index in [0.717, 1.165) is 0 Å². The number of anilines is 1. The molecule has 0 saturated heterocycles. The van der Waals surface area contributed by atoms with Gasteiger partial charge in [0.2, 0.25) is 6.79 Å². The topological polar surface area (TPSA) is 78.5 Å². The van der Waals surface area contributed by atoms with Gasteiger partial charge in [-0.15, -0.1) is 0 Å². The van der Waals surface area contributed by atoms with Crippen molar-refractivity contribution in [2.24, 2.45) is 0 Å². The minimum atomic E-state index is -4.58. The molecule has 0 saturated carbocycles. The number of alkyl halides is 3. The van der Waals surface area contributed by atoms with Crippen LogP contribution in [0.25, 0.3) is 16.9 Å². The number of hydrogen-bond acceptors (Lipinski definition) is 5. The Morgan fingerprint density at radius 3 is 2.59 bits per heavy atom. The molecule has 0 radical (unpaired) electrons. The van der Waals surface area contributed by atoms with E-state index in [1.165, 1.54) is 23.1 Å². The van der Waals surface area contributed by atoms with Gasteiger partial charge < -0.3 is 19.2 Å². The smallest absolute Gasteiger partial charge is 0.435 e. The van der Waals surface area contributed by atoms with Gasteiger partial charge in [0.15, 0.2) is 17.2 Å². The summed E-state index contributed by atoms with van der Waals surface area (Å²) in [6.45, 7) is 0.127. The number of halogens is 3. The molecule has 1 aliphatic heterocycles. The van der Waals surface area contributed by atoms with Crippen molar-refractivity contribution in [2.75, 3.05) is 12.1 Å². The molecule has 2 aromatic heterocycles. The molecule has 10 heteroatoms. The van der Waals surface area contributed by atoms with Crippen molar-refractivity contribution < 1.29 is 31.9 Å². The number of nitrogens with one attached hydrogen (secondary N) is 1. The van der Waals surface area contributed by atoms with Crippen LogP contribution < -0.4 is 14.8 Å². The molecule has 0 bridgehead atoms. The number of carbonyl (C=O) groups is 1. The Morgan fingerprint density at radius 1 is 1.00 bits per heavy atom. The molecule has 3 heterocycles. The molecule has 0 fully saturated rings. The molecule has 0 atom stereocenters. The van der Waals surface area contributed by atoms with Crippen LogP contribution in [-0.4, -0.2) is 22.5 Å². The zero-order valence-corrected chi connectivity index (χ0v) is 17.5. The Labute approximate surface area is 190 Å². The molecule has 0 spiro atoms. The quantitative estimate of drug-likeness (QED) is 0.446. The Kier molecular flexibility index (Phi) is 4.44. The molecule has 7 nitrogen and oxygen atoms in total. The summed E-state index contributed by atoms with van der Waals surface area (Å²) < 4.78 is 58.4. The van der Waals surface area contributed by atoms with Crippen LogP contribution in [0.1, 0.15) is 27.4 Å². The molecule has 4 aromatic rings. The first-order chi connectivity index (χ1) is 16.4. The van der Waals surface area contributed by atoms with E-state index in [1.54, 1.807) is 36.4 Å². The fourth-order valence-corrected chi connectivity index (χ4v) is 4.29. The maximum atomic E-state index is 13.7. The second-order valence-electron chi connectivity index (χ2n) is 7.91. The second-order valence-corrected chi connectivity index (χ2v) is 7.91. The zero-order chi connectivity index (χ0) is 23.4. The molecule has 34 heavy (non-hydrogen) atoms. The van der Waals surface area contributed by atoms with E-state index in [0.29, 0.717) is 51.9 Å². The Balaban J connectivity index is 1.32. The van der Waals surface area contributed by atoms with E-state index in [-0.39, 0.29) is 24.7 Å². The molecule has 1 aliphatic carbocycles. The number of fused-ring (bicyclic) bond motifs is 4. The third kappa shape index (κ3) is 3.30. The van der Waals surface area contributed by atoms with Crippen molar-refractivity contribution in [3.05, 3.63) is 77.4 Å². The minimum Gasteiger partial charge on any atom is -0.469 e. The lowest BCUT2D eigenvalue weighted by molar-refractivity contribution is -0.142. The molecular formula is C24H16F3N3O4. The molecule has 2 aliphatic rings. The van der Waals surface area contributed by atoms with Gasteiger partial charge in [0.25, 0.3) is 5.91 Å². The van der Waals surface area contributed by atoms with Gasteiger partial charge >= 0.3 is 6.18 Å². The third-order valence-corrected chi connectivity index (χ3v) is 5.86. The van der Waals surface area contributed by atoms with E-state index in [9.17, 15) is 18.0 Å². The van der Waals surface area contributed by atoms with E-state index >= 15 is 0 Å². The van der Waals surface area contributed by atoms with Gasteiger partial charge in [-0.05, 0) is 48.9 Å². The molecule has 0 unspecified atom stereocenters. The summed E-state index contributed by atoms with van der Waals surface area (Å²) in [5.41, 5.74) is 1.46. The summed E-state index contributed by atoms with van der Waals surface area (Å²) in [7, 11) is 0. The van der Waals surface area contributed by atoms with Gasteiger partial charge in [-0.1, -0.05) is 0 Å². The first-order valence-corrected chi connectivity index (χ1v) is 10.5. The van der Waals surface area contributed by atoms with E-state index in [4.69, 9.17) is 13.9 Å². The number of carbonyl (C=O) groups excluding carboxylic acids is 1. The third-order valence-electron chi connectivity index (χ3n) is 5.86. The molecular weight excluding hydrogens is 451 g/mol. The number of nitrogens with zero attached hydrogens (tertiary/aromatic N) is 2. The number of aromatic nitrogens is 2. The van der Waals surface area contributed by atoms with Crippen LogP contribution in [0.2, 0.25) is 0 Å². The summed E-state index contributed by atoms with van der Waals surface area (Å²) in [6.07, 6.45) is -2.56. The van der Waals surface area contributed by atoms with Crippen LogP contribution in [-0.2, 0) is 19.0 Å². The van der Waals surface area contributed by atoms with E-state index in [1.807, 2.05) is 0 Å². The average molecular weight is 467 g/mol. The van der Waals surface area contributed by atoms with Crippen LogP contribution >= 0.6 is 0 Å². The monoisotopic (exact) mass is 467 g/mol. The SMILES string of the molecule is O=C(Nc1ccc2c(c1)OCO2)c1ccc(-n2nc(C(F)(F)F)c3c2-c2ccoc2CC3)cc1. The maximum Gasteiger partial charge on any atom is 0.435 e. The normalized spacial score (nSPS) is 14.0. The molecule has 1 amide bonds. The predicted octanol–water partition coefficient (Wildman–Crippen LogP) is 5.23. The van der Waals surface area contributed by atoms with Crippen molar-refractivity contribution in [1.29, 1.82) is 0 Å². The maximum absolute atomic E-state index is 13.7. The lowest BCUT2D eigenvalue weighted by atomic mass is 9.94. The standard InChI is InChI=1S/C24H16F3N3O4/c25-24(26,27)22-17-6-8-18-16(9-10-32-18)21(17)30(29-22)15-4-1-13(2-5-15)23(31)28-14-3-7-19-20(11-14)34-12-33-19/h1-5,7,9-11H,6,8,12H2,(H,28,31). The molecule has 6 rings (SSSR count). The van der Waals surface area contributed by atoms with Crippen molar-refractivity contribution in [3.8, 4) is 28.4 Å². The highest BCUT2D eigenvalue weighted by Gasteiger charge is 2.41. The van der Waals surface area contributed by atoms with E-state index in [2.05, 4.69) is 10.4 Å². The molecule has 2 aromatic carbocycles. The number of furan rings is 1. The number of ether oxygens (including phenoxy) is 2. The summed E-state index contributed by atoms with van der Waals surface area (Å²) in [4.78, 5) is 12.7. The van der Waals surface area contributed by atoms with E-state index < -0.39 is 11.9 Å². The van der Waals surface area contributed by atoms with Crippen LogP contribution in [0.4, 0.5) is 18.9 Å². The summed E-state index contributed by atoms with van der Waals surface area (Å²) >= 11 is 0. The zero-order valence-electron chi connectivity index (χ0n) is 17.5. The Morgan fingerprint density at radius 2 is 1.79 bits per heavy atom. The summed E-state index contributed by atoms with van der Waals surface area (Å²) in [5, 5.41) is 6.68. The Hall–Kier alpha value is -4.21. The van der Waals surface area contributed by atoms with Crippen LogP contribution in [0.5, 0.6) is 11.5 Å². The number of benzene rings is 2. The van der Waals surface area contributed by atoms with Gasteiger partial charge in [0, 0.05) is 34.9 Å². The minimum absolute atomic E-state index is 0.127. The van der Waals surface area contributed by atoms with Gasteiger partial charge in [0.1, 0.15) is 5.76 Å². The lowest BCUT2D eigenvalue weighted by Gasteiger charge is -2.15.